The minimum absolute atomic E-state index is 0.0760. The molecule has 0 fully saturated rings. The fraction of sp³-hybridized carbons (Fsp3) is 0.548. The Labute approximate surface area is 222 Å². The van der Waals surface area contributed by atoms with Crippen molar-refractivity contribution in [2.45, 2.75) is 90.4 Å². The van der Waals surface area contributed by atoms with Crippen LogP contribution in [0.1, 0.15) is 75.6 Å². The van der Waals surface area contributed by atoms with Gasteiger partial charge in [0, 0.05) is 18.5 Å². The Kier molecular flexibility index (Phi) is 10.5. The topological polar surface area (TPSA) is 91.6 Å². The van der Waals surface area contributed by atoms with E-state index in [9.17, 15) is 15.2 Å². The molecule has 0 amide bonds. The molecule has 0 heterocycles. The molecule has 1 aliphatic rings. The van der Waals surface area contributed by atoms with Gasteiger partial charge in [0.1, 0.15) is 24.5 Å². The summed E-state index contributed by atoms with van der Waals surface area (Å²) in [5.41, 5.74) is 4.09. The van der Waals surface area contributed by atoms with Crippen molar-refractivity contribution in [2.24, 2.45) is 5.92 Å². The van der Waals surface area contributed by atoms with Gasteiger partial charge in [-0.25, -0.2) is 0 Å². The molecule has 37 heavy (non-hydrogen) atoms. The van der Waals surface area contributed by atoms with Gasteiger partial charge in [-0.05, 0) is 87.6 Å². The molecular formula is C31H42N2O4. The molecule has 2 N–H and O–H groups in total. The van der Waals surface area contributed by atoms with Gasteiger partial charge in [0.15, 0.2) is 0 Å². The molecule has 0 saturated heterocycles. The number of nitrogens with zero attached hydrogens (tertiary/aromatic N) is 1. The Morgan fingerprint density at radius 1 is 1.22 bits per heavy atom. The number of nitriles is 1. The van der Waals surface area contributed by atoms with Gasteiger partial charge in [0.2, 0.25) is 0 Å². The number of β-amino-alcohol motifs (C(OH)–C–C–N with tert-alkyl or cyclic N) is 1. The van der Waals surface area contributed by atoms with Crippen molar-refractivity contribution in [3.8, 4) is 11.8 Å². The second-order valence-electron chi connectivity index (χ2n) is 11.0. The first-order valence-corrected chi connectivity index (χ1v) is 13.5. The van der Waals surface area contributed by atoms with E-state index in [2.05, 4.69) is 56.4 Å². The molecule has 6 heteroatoms. The van der Waals surface area contributed by atoms with Crippen LogP contribution in [0, 0.1) is 17.2 Å². The normalized spacial score (nSPS) is 15.0. The number of rotatable bonds is 14. The number of aliphatic hydroxyl groups excluding tert-OH is 1. The highest BCUT2D eigenvalue weighted by atomic mass is 16.5. The molecule has 0 aliphatic heterocycles. The summed E-state index contributed by atoms with van der Waals surface area (Å²) in [6.45, 7) is 8.79. The first-order chi connectivity index (χ1) is 17.7. The fourth-order valence-corrected chi connectivity index (χ4v) is 5.16. The minimum Gasteiger partial charge on any atom is -0.489 e. The van der Waals surface area contributed by atoms with E-state index in [0.29, 0.717) is 30.2 Å². The zero-order chi connectivity index (χ0) is 26.8. The van der Waals surface area contributed by atoms with E-state index >= 15 is 0 Å². The highest BCUT2D eigenvalue weighted by Gasteiger charge is 2.28. The summed E-state index contributed by atoms with van der Waals surface area (Å²) >= 11 is 0. The maximum absolute atomic E-state index is 12.1. The molecule has 1 unspecified atom stereocenters. The second-order valence-corrected chi connectivity index (χ2v) is 11.0. The predicted octanol–water partition coefficient (Wildman–Crippen LogP) is 5.14. The van der Waals surface area contributed by atoms with E-state index in [1.54, 1.807) is 12.1 Å². The molecule has 0 saturated carbocycles. The molecule has 0 radical (unpaired) electrons. The Hall–Kier alpha value is -2.88. The van der Waals surface area contributed by atoms with Gasteiger partial charge >= 0.3 is 5.97 Å². The summed E-state index contributed by atoms with van der Waals surface area (Å²) in [4.78, 5) is 12.1. The number of carbonyl (C=O) groups excluding carboxylic acids is 1. The third-order valence-corrected chi connectivity index (χ3v) is 6.99. The van der Waals surface area contributed by atoms with Gasteiger partial charge in [-0.15, -0.1) is 0 Å². The summed E-state index contributed by atoms with van der Waals surface area (Å²) in [6.07, 6.45) is 5.04. The highest BCUT2D eigenvalue weighted by molar-refractivity contribution is 5.70. The number of aryl methyl sites for hydroxylation is 1. The van der Waals surface area contributed by atoms with Crippen molar-refractivity contribution < 1.29 is 19.4 Å². The van der Waals surface area contributed by atoms with Crippen molar-refractivity contribution in [1.29, 1.82) is 5.26 Å². The standard InChI is InChI=1S/C31H42N2O4/c1-5-8-22(2)37-30(35)14-12-23-11-13-27(19-32)29(17-23)36-21-28(34)20-33-31(3,4)18-24-15-25-9-6-7-10-26(25)16-24/h6-7,9-11,13,17,22,24,28,33-34H,5,8,12,14-16,18,20-21H2,1-4H3/t22?,28-/m1/s1. The van der Waals surface area contributed by atoms with Gasteiger partial charge in [-0.1, -0.05) is 43.7 Å². The third-order valence-electron chi connectivity index (χ3n) is 6.99. The number of nitrogens with one attached hydrogen (secondary N) is 1. The van der Waals surface area contributed by atoms with E-state index in [0.717, 1.165) is 37.7 Å². The zero-order valence-electron chi connectivity index (χ0n) is 22.8. The molecule has 200 valence electrons. The third kappa shape index (κ3) is 9.18. The van der Waals surface area contributed by atoms with Crippen molar-refractivity contribution in [1.82, 2.24) is 5.32 Å². The maximum atomic E-state index is 12.1. The molecule has 0 aromatic heterocycles. The van der Waals surface area contributed by atoms with Gasteiger partial charge < -0.3 is 19.9 Å². The number of esters is 1. The highest BCUT2D eigenvalue weighted by Crippen LogP contribution is 2.32. The Bertz CT molecular complexity index is 1050. The van der Waals surface area contributed by atoms with Crippen LogP contribution in [0.4, 0.5) is 0 Å². The number of carbonyl (C=O) groups is 1. The maximum Gasteiger partial charge on any atom is 0.306 e. The number of aliphatic hydroxyl groups is 1. The molecule has 6 nitrogen and oxygen atoms in total. The van der Waals surface area contributed by atoms with Gasteiger partial charge in [-0.3, -0.25) is 4.79 Å². The van der Waals surface area contributed by atoms with Crippen molar-refractivity contribution in [3.63, 3.8) is 0 Å². The lowest BCUT2D eigenvalue weighted by molar-refractivity contribution is -0.148. The molecule has 1 aliphatic carbocycles. The SMILES string of the molecule is CCCC(C)OC(=O)CCc1ccc(C#N)c(OC[C@H](O)CNC(C)(C)CC2Cc3ccccc3C2)c1. The number of hydrogen-bond acceptors (Lipinski definition) is 6. The van der Waals surface area contributed by atoms with Crippen LogP contribution in [0.5, 0.6) is 5.75 Å². The summed E-state index contributed by atoms with van der Waals surface area (Å²) in [5.74, 6) is 0.800. The molecule has 0 spiro atoms. The lowest BCUT2D eigenvalue weighted by Crippen LogP contribution is -2.46. The fourth-order valence-electron chi connectivity index (χ4n) is 5.16. The second kappa shape index (κ2) is 13.6. The zero-order valence-corrected chi connectivity index (χ0v) is 22.8. The van der Waals surface area contributed by atoms with E-state index in [1.165, 1.54) is 11.1 Å². The lowest BCUT2D eigenvalue weighted by atomic mass is 9.88. The average Bonchev–Trinajstić information content (AvgIpc) is 3.26. The van der Waals surface area contributed by atoms with Crippen LogP contribution in [-0.2, 0) is 28.8 Å². The monoisotopic (exact) mass is 506 g/mol. The van der Waals surface area contributed by atoms with Crippen molar-refractivity contribution >= 4 is 5.97 Å². The van der Waals surface area contributed by atoms with E-state index < -0.39 is 6.10 Å². The van der Waals surface area contributed by atoms with Crippen LogP contribution in [-0.4, -0.2) is 42.0 Å². The quantitative estimate of drug-likeness (QED) is 0.345. The van der Waals surface area contributed by atoms with Crippen LogP contribution < -0.4 is 10.1 Å². The van der Waals surface area contributed by atoms with Gasteiger partial charge in [0.25, 0.3) is 0 Å². The summed E-state index contributed by atoms with van der Waals surface area (Å²) in [5, 5.41) is 23.6. The molecule has 3 rings (SSSR count). The summed E-state index contributed by atoms with van der Waals surface area (Å²) in [7, 11) is 0. The van der Waals surface area contributed by atoms with Crippen LogP contribution in [0.25, 0.3) is 0 Å². The van der Waals surface area contributed by atoms with E-state index in [-0.39, 0.29) is 30.6 Å². The van der Waals surface area contributed by atoms with Crippen LogP contribution in [0.2, 0.25) is 0 Å². The van der Waals surface area contributed by atoms with Crippen molar-refractivity contribution in [3.05, 3.63) is 64.7 Å². The van der Waals surface area contributed by atoms with Crippen LogP contribution >= 0.6 is 0 Å². The summed E-state index contributed by atoms with van der Waals surface area (Å²) in [6, 6.07) is 16.1. The first-order valence-electron chi connectivity index (χ1n) is 13.5. The van der Waals surface area contributed by atoms with E-state index in [1.807, 2.05) is 13.0 Å². The largest absolute Gasteiger partial charge is 0.489 e. The molecule has 2 aromatic rings. The van der Waals surface area contributed by atoms with Gasteiger partial charge in [-0.2, -0.15) is 5.26 Å². The van der Waals surface area contributed by atoms with Crippen LogP contribution in [0.3, 0.4) is 0 Å². The first kappa shape index (κ1) is 28.7. The minimum atomic E-state index is -0.717. The van der Waals surface area contributed by atoms with Gasteiger partial charge in [0.05, 0.1) is 11.7 Å². The van der Waals surface area contributed by atoms with Crippen molar-refractivity contribution in [2.75, 3.05) is 13.2 Å². The number of benzene rings is 2. The van der Waals surface area contributed by atoms with E-state index in [4.69, 9.17) is 9.47 Å². The number of ether oxygens (including phenoxy) is 2. The lowest BCUT2D eigenvalue weighted by Gasteiger charge is -2.30. The Morgan fingerprint density at radius 2 is 1.92 bits per heavy atom. The number of hydrogen-bond donors (Lipinski definition) is 2. The van der Waals surface area contributed by atoms with Crippen LogP contribution in [0.15, 0.2) is 42.5 Å². The summed E-state index contributed by atoms with van der Waals surface area (Å²) < 4.78 is 11.3. The molecule has 2 atom stereocenters. The predicted molar refractivity (Wildman–Crippen MR) is 145 cm³/mol. The smallest absolute Gasteiger partial charge is 0.306 e. The molecule has 2 aromatic carbocycles. The number of fused-ring (bicyclic) bond motifs is 1. The molecular weight excluding hydrogens is 464 g/mol. The Morgan fingerprint density at radius 3 is 2.57 bits per heavy atom. The molecule has 0 bridgehead atoms. The Balaban J connectivity index is 1.45. The average molecular weight is 507 g/mol.